The lowest BCUT2D eigenvalue weighted by Crippen LogP contribution is -2.17. The van der Waals surface area contributed by atoms with Crippen molar-refractivity contribution in [1.82, 2.24) is 4.98 Å². The molecule has 0 radical (unpaired) electrons. The highest BCUT2D eigenvalue weighted by Crippen LogP contribution is 2.25. The predicted octanol–water partition coefficient (Wildman–Crippen LogP) is 4.12. The molecule has 7 heteroatoms. The van der Waals surface area contributed by atoms with E-state index in [2.05, 4.69) is 26.2 Å². The Kier molecular flexibility index (Phi) is 5.17. The van der Waals surface area contributed by atoms with E-state index in [1.54, 1.807) is 18.3 Å². The van der Waals surface area contributed by atoms with Crippen molar-refractivity contribution in [1.29, 1.82) is 0 Å². The minimum Gasteiger partial charge on any atom is -0.473 e. The molecule has 0 aliphatic carbocycles. The molecule has 23 heavy (non-hydrogen) atoms. The number of hydrogen-bond donors (Lipinski definition) is 1. The number of halogens is 2. The SMILES string of the molecule is O=C(Nc1ccc(F)cc1Br)c1ccnc(OC2CCSC2)c1. The maximum Gasteiger partial charge on any atom is 0.255 e. The van der Waals surface area contributed by atoms with Gasteiger partial charge in [0.15, 0.2) is 0 Å². The van der Waals surface area contributed by atoms with E-state index in [0.717, 1.165) is 17.9 Å². The summed E-state index contributed by atoms with van der Waals surface area (Å²) < 4.78 is 19.4. The molecule has 1 fully saturated rings. The fraction of sp³-hybridized carbons (Fsp3) is 0.250. The lowest BCUT2D eigenvalue weighted by atomic mass is 10.2. The second kappa shape index (κ2) is 7.31. The third kappa shape index (κ3) is 4.23. The summed E-state index contributed by atoms with van der Waals surface area (Å²) in [6.07, 6.45) is 2.69. The van der Waals surface area contributed by atoms with Crippen LogP contribution in [0.5, 0.6) is 5.88 Å². The van der Waals surface area contributed by atoms with Gasteiger partial charge in [0.2, 0.25) is 5.88 Å². The van der Waals surface area contributed by atoms with Crippen LogP contribution in [-0.4, -0.2) is 28.5 Å². The molecule has 2 heterocycles. The van der Waals surface area contributed by atoms with Crippen LogP contribution in [0.25, 0.3) is 0 Å². The molecule has 4 nitrogen and oxygen atoms in total. The van der Waals surface area contributed by atoms with Crippen LogP contribution in [0, 0.1) is 5.82 Å². The van der Waals surface area contributed by atoms with Gasteiger partial charge in [-0.15, -0.1) is 0 Å². The molecule has 1 atom stereocenters. The van der Waals surface area contributed by atoms with Crippen molar-refractivity contribution in [3.05, 3.63) is 52.4 Å². The zero-order chi connectivity index (χ0) is 16.2. The first-order chi connectivity index (χ1) is 11.1. The molecule has 0 saturated carbocycles. The second-order valence-corrected chi connectivity index (χ2v) is 7.07. The molecule has 1 unspecified atom stereocenters. The molecule has 0 bridgehead atoms. The highest BCUT2D eigenvalue weighted by atomic mass is 79.9. The molecule has 1 N–H and O–H groups in total. The van der Waals surface area contributed by atoms with Gasteiger partial charge in [0, 0.05) is 28.1 Å². The van der Waals surface area contributed by atoms with Gasteiger partial charge in [0.1, 0.15) is 11.9 Å². The van der Waals surface area contributed by atoms with E-state index >= 15 is 0 Å². The van der Waals surface area contributed by atoms with E-state index in [0.29, 0.717) is 21.6 Å². The third-order valence-electron chi connectivity index (χ3n) is 3.35. The third-order valence-corrected chi connectivity index (χ3v) is 5.14. The summed E-state index contributed by atoms with van der Waals surface area (Å²) in [6.45, 7) is 0. The number of anilines is 1. The lowest BCUT2D eigenvalue weighted by molar-refractivity contribution is 0.102. The topological polar surface area (TPSA) is 51.2 Å². The number of benzene rings is 1. The molecule has 2 aromatic rings. The van der Waals surface area contributed by atoms with Crippen molar-refractivity contribution in [2.24, 2.45) is 0 Å². The second-order valence-electron chi connectivity index (χ2n) is 5.06. The Morgan fingerprint density at radius 3 is 3.00 bits per heavy atom. The van der Waals surface area contributed by atoms with Crippen LogP contribution in [-0.2, 0) is 0 Å². The molecule has 1 amide bonds. The molecule has 1 aliphatic heterocycles. The van der Waals surface area contributed by atoms with Gasteiger partial charge in [-0.1, -0.05) is 0 Å². The first-order valence-corrected chi connectivity index (χ1v) is 9.03. The number of nitrogens with zero attached hydrogens (tertiary/aromatic N) is 1. The van der Waals surface area contributed by atoms with E-state index in [4.69, 9.17) is 4.74 Å². The Labute approximate surface area is 146 Å². The van der Waals surface area contributed by atoms with E-state index in [9.17, 15) is 9.18 Å². The number of rotatable bonds is 4. The number of aromatic nitrogens is 1. The summed E-state index contributed by atoms with van der Waals surface area (Å²) in [7, 11) is 0. The van der Waals surface area contributed by atoms with Crippen LogP contribution in [0.2, 0.25) is 0 Å². The normalized spacial score (nSPS) is 17.0. The van der Waals surface area contributed by atoms with Gasteiger partial charge >= 0.3 is 0 Å². The summed E-state index contributed by atoms with van der Waals surface area (Å²) >= 11 is 5.08. The summed E-state index contributed by atoms with van der Waals surface area (Å²) in [4.78, 5) is 16.5. The summed E-state index contributed by atoms with van der Waals surface area (Å²) in [5.74, 6) is 1.81. The average molecular weight is 397 g/mol. The summed E-state index contributed by atoms with van der Waals surface area (Å²) in [6, 6.07) is 7.33. The first kappa shape index (κ1) is 16.3. The Morgan fingerprint density at radius 2 is 2.26 bits per heavy atom. The fourth-order valence-electron chi connectivity index (χ4n) is 2.18. The number of nitrogens with one attached hydrogen (secondary N) is 1. The molecule has 3 rings (SSSR count). The largest absolute Gasteiger partial charge is 0.473 e. The molecule has 1 saturated heterocycles. The number of ether oxygens (including phenoxy) is 1. The van der Waals surface area contributed by atoms with Gasteiger partial charge in [-0.3, -0.25) is 4.79 Å². The molecule has 1 aromatic carbocycles. The minimum absolute atomic E-state index is 0.150. The van der Waals surface area contributed by atoms with Gasteiger partial charge in [-0.25, -0.2) is 9.37 Å². The van der Waals surface area contributed by atoms with Crippen LogP contribution in [0.4, 0.5) is 10.1 Å². The standard InChI is InChI=1S/C16H14BrFN2O2S/c17-13-8-11(18)1-2-14(13)20-16(21)10-3-5-19-15(7-10)22-12-4-6-23-9-12/h1-3,5,7-8,12H,4,6,9H2,(H,20,21). The highest BCUT2D eigenvalue weighted by Gasteiger charge is 2.18. The number of pyridine rings is 1. The molecular weight excluding hydrogens is 383 g/mol. The Hall–Kier alpha value is -1.60. The van der Waals surface area contributed by atoms with E-state index in [1.165, 1.54) is 18.2 Å². The molecule has 1 aromatic heterocycles. The quantitative estimate of drug-likeness (QED) is 0.844. The average Bonchev–Trinajstić information content (AvgIpc) is 3.03. The van der Waals surface area contributed by atoms with E-state index < -0.39 is 0 Å². The maximum atomic E-state index is 13.1. The van der Waals surface area contributed by atoms with Crippen LogP contribution >= 0.6 is 27.7 Å². The number of amides is 1. The first-order valence-electron chi connectivity index (χ1n) is 7.08. The zero-order valence-corrected chi connectivity index (χ0v) is 14.5. The number of thioether (sulfide) groups is 1. The van der Waals surface area contributed by atoms with E-state index in [-0.39, 0.29) is 17.8 Å². The molecule has 0 spiro atoms. The van der Waals surface area contributed by atoms with Crippen molar-refractivity contribution < 1.29 is 13.9 Å². The minimum atomic E-state index is -0.371. The molecule has 120 valence electrons. The van der Waals surface area contributed by atoms with Gasteiger partial charge in [-0.2, -0.15) is 11.8 Å². The van der Waals surface area contributed by atoms with Crippen molar-refractivity contribution in [3.8, 4) is 5.88 Å². The van der Waals surface area contributed by atoms with Crippen molar-refractivity contribution >= 4 is 39.3 Å². The summed E-state index contributed by atoms with van der Waals surface area (Å²) in [5, 5.41) is 2.73. The molecular formula is C16H14BrFN2O2S. The number of carbonyl (C=O) groups is 1. The van der Waals surface area contributed by atoms with Crippen LogP contribution in [0.15, 0.2) is 41.0 Å². The monoisotopic (exact) mass is 396 g/mol. The number of carbonyl (C=O) groups excluding carboxylic acids is 1. The maximum absolute atomic E-state index is 13.1. The summed E-state index contributed by atoms with van der Waals surface area (Å²) in [5.41, 5.74) is 0.944. The van der Waals surface area contributed by atoms with Gasteiger partial charge in [0.05, 0.1) is 5.69 Å². The Morgan fingerprint density at radius 1 is 1.39 bits per heavy atom. The Bertz CT molecular complexity index is 723. The van der Waals surface area contributed by atoms with Gasteiger partial charge in [0.25, 0.3) is 5.91 Å². The van der Waals surface area contributed by atoms with Crippen LogP contribution in [0.1, 0.15) is 16.8 Å². The predicted molar refractivity (Wildman–Crippen MR) is 92.6 cm³/mol. The lowest BCUT2D eigenvalue weighted by Gasteiger charge is -2.12. The van der Waals surface area contributed by atoms with Gasteiger partial charge < -0.3 is 10.1 Å². The Balaban J connectivity index is 1.71. The van der Waals surface area contributed by atoms with E-state index in [1.807, 2.05) is 11.8 Å². The van der Waals surface area contributed by atoms with Crippen molar-refractivity contribution in [3.63, 3.8) is 0 Å². The van der Waals surface area contributed by atoms with Crippen molar-refractivity contribution in [2.75, 3.05) is 16.8 Å². The van der Waals surface area contributed by atoms with Crippen LogP contribution < -0.4 is 10.1 Å². The smallest absolute Gasteiger partial charge is 0.255 e. The zero-order valence-electron chi connectivity index (χ0n) is 12.1. The van der Waals surface area contributed by atoms with Gasteiger partial charge in [-0.05, 0) is 52.4 Å². The van der Waals surface area contributed by atoms with Crippen LogP contribution in [0.3, 0.4) is 0 Å². The fourth-order valence-corrected chi connectivity index (χ4v) is 3.72. The number of hydrogen-bond acceptors (Lipinski definition) is 4. The van der Waals surface area contributed by atoms with Crippen molar-refractivity contribution in [2.45, 2.75) is 12.5 Å². The highest BCUT2D eigenvalue weighted by molar-refractivity contribution is 9.10. The molecule has 1 aliphatic rings.